The molecule has 2 fully saturated rings. The van der Waals surface area contributed by atoms with Crippen LogP contribution in [0.5, 0.6) is 0 Å². The highest BCUT2D eigenvalue weighted by Crippen LogP contribution is 2.46. The number of thioether (sulfide) groups is 1. The van der Waals surface area contributed by atoms with Crippen LogP contribution in [0, 0.1) is 5.41 Å². The number of nitrogens with one attached hydrogen (secondary N) is 1. The monoisotopic (exact) mass is 457 g/mol. The van der Waals surface area contributed by atoms with Gasteiger partial charge in [0.2, 0.25) is 11.8 Å². The van der Waals surface area contributed by atoms with E-state index in [9.17, 15) is 24.3 Å². The molecule has 0 aromatic rings. The number of carboxylic acid groups (broad SMARTS) is 1. The van der Waals surface area contributed by atoms with Crippen LogP contribution in [0.25, 0.3) is 0 Å². The maximum atomic E-state index is 13.3. The van der Waals surface area contributed by atoms with Gasteiger partial charge in [0.05, 0.1) is 5.37 Å². The quantitative estimate of drug-likeness (QED) is 0.651. The number of fused-ring (bicyclic) bond motifs is 1. The van der Waals surface area contributed by atoms with Crippen LogP contribution >= 0.6 is 11.8 Å². The average Bonchev–Trinajstić information content (AvgIpc) is 2.81. The van der Waals surface area contributed by atoms with Crippen molar-refractivity contribution >= 4 is 35.6 Å². The Bertz CT molecular complexity index is 735. The Morgan fingerprint density at radius 1 is 1.35 bits per heavy atom. The van der Waals surface area contributed by atoms with E-state index in [0.29, 0.717) is 25.0 Å². The molecule has 9 nitrogen and oxygen atoms in total. The summed E-state index contributed by atoms with van der Waals surface area (Å²) in [5.74, 6) is -1.25. The van der Waals surface area contributed by atoms with Gasteiger partial charge in [-0.15, -0.1) is 11.8 Å². The zero-order valence-corrected chi connectivity index (χ0v) is 20.2. The molecule has 0 bridgehead atoms. The van der Waals surface area contributed by atoms with Gasteiger partial charge in [0, 0.05) is 7.05 Å². The number of ether oxygens (including phenoxy) is 1. The number of hydrogen-bond donors (Lipinski definition) is 2. The summed E-state index contributed by atoms with van der Waals surface area (Å²) in [6.07, 6.45) is 0.709. The number of rotatable bonds is 5. The zero-order valence-electron chi connectivity index (χ0n) is 19.4. The lowest BCUT2D eigenvalue weighted by Gasteiger charge is -2.33. The molecule has 0 saturated carbocycles. The molecule has 2 aliphatic heterocycles. The Kier molecular flexibility index (Phi) is 7.55. The van der Waals surface area contributed by atoms with Gasteiger partial charge in [-0.2, -0.15) is 0 Å². The van der Waals surface area contributed by atoms with Crippen LogP contribution in [0.2, 0.25) is 0 Å². The van der Waals surface area contributed by atoms with Gasteiger partial charge in [-0.05, 0) is 51.2 Å². The van der Waals surface area contributed by atoms with E-state index in [1.165, 1.54) is 16.8 Å². The molecule has 2 aliphatic rings. The molecule has 0 radical (unpaired) electrons. The summed E-state index contributed by atoms with van der Waals surface area (Å²) in [4.78, 5) is 53.3. The van der Waals surface area contributed by atoms with Crippen molar-refractivity contribution in [1.82, 2.24) is 15.1 Å². The van der Waals surface area contributed by atoms with Crippen molar-refractivity contribution in [2.75, 3.05) is 12.8 Å². The van der Waals surface area contributed by atoms with Crippen molar-refractivity contribution < 1.29 is 29.0 Å². The molecular formula is C21H35N3O6S. The smallest absolute Gasteiger partial charge is 0.410 e. The molecule has 0 spiro atoms. The number of carbonyl (C=O) groups excluding carboxylic acids is 3. The molecule has 31 heavy (non-hydrogen) atoms. The third-order valence-electron chi connectivity index (χ3n) is 5.69. The maximum Gasteiger partial charge on any atom is 0.410 e. The van der Waals surface area contributed by atoms with Gasteiger partial charge < -0.3 is 20.1 Å². The van der Waals surface area contributed by atoms with Crippen LogP contribution in [-0.4, -0.2) is 80.7 Å². The number of amides is 3. The molecule has 0 aliphatic carbocycles. The Labute approximate surface area is 188 Å². The number of likely N-dealkylation sites (N-methyl/N-ethyl adjacent to an activating group) is 1. The second-order valence-corrected chi connectivity index (χ2v) is 11.2. The van der Waals surface area contributed by atoms with Gasteiger partial charge in [0.15, 0.2) is 0 Å². The van der Waals surface area contributed by atoms with Crippen LogP contribution in [0.3, 0.4) is 0 Å². The van der Waals surface area contributed by atoms with Crippen molar-refractivity contribution in [3.63, 3.8) is 0 Å². The number of carbonyl (C=O) groups is 4. The van der Waals surface area contributed by atoms with E-state index in [-0.39, 0.29) is 11.3 Å². The lowest BCUT2D eigenvalue weighted by Crippen LogP contribution is -2.57. The molecule has 3 amide bonds. The molecule has 2 saturated heterocycles. The minimum atomic E-state index is -1.04. The Morgan fingerprint density at radius 3 is 2.48 bits per heavy atom. The van der Waals surface area contributed by atoms with Gasteiger partial charge in [-0.1, -0.05) is 20.8 Å². The van der Waals surface area contributed by atoms with E-state index in [4.69, 9.17) is 4.74 Å². The summed E-state index contributed by atoms with van der Waals surface area (Å²) in [6, 6.07) is -2.58. The van der Waals surface area contributed by atoms with E-state index in [1.807, 2.05) is 13.8 Å². The van der Waals surface area contributed by atoms with Gasteiger partial charge in [-0.25, -0.2) is 9.59 Å². The predicted octanol–water partition coefficient (Wildman–Crippen LogP) is 2.29. The number of aliphatic carboxylic acids is 1. The summed E-state index contributed by atoms with van der Waals surface area (Å²) in [5.41, 5.74) is -1.26. The highest BCUT2D eigenvalue weighted by atomic mass is 32.2. The minimum Gasteiger partial charge on any atom is -0.480 e. The number of nitrogens with zero attached hydrogens (tertiary/aromatic N) is 2. The largest absolute Gasteiger partial charge is 0.480 e. The van der Waals surface area contributed by atoms with E-state index in [2.05, 4.69) is 5.32 Å². The third-order valence-corrected chi connectivity index (χ3v) is 6.94. The van der Waals surface area contributed by atoms with Gasteiger partial charge in [-0.3, -0.25) is 14.5 Å². The number of hydrogen-bond acceptors (Lipinski definition) is 6. The Hall–Kier alpha value is -1.97. The molecule has 2 rings (SSSR count). The molecule has 2 N–H and O–H groups in total. The standard InChI is InChI=1S/C21H35N3O6S/c1-8-13(23(7)19(29)30-20(2,3)4)16(25)22-12-9-10-31-14-11-21(5,6)15(18(27)28)24(14)17(12)26/h12-15H,8-11H2,1-7H3,(H,22,25)(H,27,28)/t12-,13?,14-,15+/m0/s1. The summed E-state index contributed by atoms with van der Waals surface area (Å²) < 4.78 is 5.35. The Balaban J connectivity index is 2.17. The molecule has 176 valence electrons. The minimum absolute atomic E-state index is 0.225. The average molecular weight is 458 g/mol. The fraction of sp³-hybridized carbons (Fsp3) is 0.810. The van der Waals surface area contributed by atoms with E-state index in [1.54, 1.807) is 39.5 Å². The van der Waals surface area contributed by atoms with E-state index >= 15 is 0 Å². The predicted molar refractivity (Wildman–Crippen MR) is 118 cm³/mol. The van der Waals surface area contributed by atoms with Crippen molar-refractivity contribution in [2.45, 2.75) is 89.9 Å². The first-order chi connectivity index (χ1) is 14.2. The first-order valence-electron chi connectivity index (χ1n) is 10.6. The normalized spacial score (nSPS) is 26.5. The molecule has 10 heteroatoms. The summed E-state index contributed by atoms with van der Waals surface area (Å²) in [6.45, 7) is 10.7. The summed E-state index contributed by atoms with van der Waals surface area (Å²) in [5, 5.41) is 12.3. The van der Waals surface area contributed by atoms with Crippen molar-refractivity contribution in [1.29, 1.82) is 0 Å². The van der Waals surface area contributed by atoms with Crippen molar-refractivity contribution in [3.05, 3.63) is 0 Å². The van der Waals surface area contributed by atoms with Gasteiger partial charge in [0.1, 0.15) is 23.7 Å². The first-order valence-corrected chi connectivity index (χ1v) is 11.7. The highest BCUT2D eigenvalue weighted by molar-refractivity contribution is 7.99. The molecule has 0 aromatic carbocycles. The van der Waals surface area contributed by atoms with Crippen LogP contribution in [-0.2, 0) is 19.1 Å². The Morgan fingerprint density at radius 2 is 1.97 bits per heavy atom. The lowest BCUT2D eigenvalue weighted by molar-refractivity contribution is -0.152. The first kappa shape index (κ1) is 25.3. The topological polar surface area (TPSA) is 116 Å². The van der Waals surface area contributed by atoms with E-state index < -0.39 is 47.1 Å². The SMILES string of the molecule is CCC(C(=O)N[C@H]1CCS[C@H]2CC(C)(C)[C@@H](C(=O)O)N2C1=O)N(C)C(=O)OC(C)(C)C. The lowest BCUT2D eigenvalue weighted by atomic mass is 9.84. The summed E-state index contributed by atoms with van der Waals surface area (Å²) in [7, 11) is 1.49. The van der Waals surface area contributed by atoms with Gasteiger partial charge in [0.25, 0.3) is 0 Å². The second-order valence-electron chi connectivity index (χ2n) is 9.87. The summed E-state index contributed by atoms with van der Waals surface area (Å²) >= 11 is 1.55. The second kappa shape index (κ2) is 9.26. The fourth-order valence-corrected chi connectivity index (χ4v) is 5.77. The molecule has 0 aromatic heterocycles. The highest BCUT2D eigenvalue weighted by Gasteiger charge is 2.54. The molecule has 2 heterocycles. The zero-order chi connectivity index (χ0) is 23.7. The van der Waals surface area contributed by atoms with Crippen LogP contribution in [0.15, 0.2) is 0 Å². The van der Waals surface area contributed by atoms with Crippen molar-refractivity contribution in [2.24, 2.45) is 5.41 Å². The third kappa shape index (κ3) is 5.64. The fourth-order valence-electron chi connectivity index (χ4n) is 4.19. The van der Waals surface area contributed by atoms with Crippen LogP contribution in [0.4, 0.5) is 4.79 Å². The van der Waals surface area contributed by atoms with Crippen LogP contribution < -0.4 is 5.32 Å². The molecule has 1 unspecified atom stereocenters. The molecular weight excluding hydrogens is 422 g/mol. The maximum absolute atomic E-state index is 13.3. The van der Waals surface area contributed by atoms with Gasteiger partial charge >= 0.3 is 12.1 Å². The van der Waals surface area contributed by atoms with Crippen LogP contribution in [0.1, 0.15) is 60.8 Å². The number of carboxylic acids is 1. The van der Waals surface area contributed by atoms with Crippen molar-refractivity contribution in [3.8, 4) is 0 Å². The van der Waals surface area contributed by atoms with E-state index in [0.717, 1.165) is 0 Å². The molecule has 4 atom stereocenters.